The molecule has 29 heavy (non-hydrogen) atoms. The van der Waals surface area contributed by atoms with Crippen LogP contribution < -0.4 is 0 Å². The third kappa shape index (κ3) is 3.45. The Bertz CT molecular complexity index is 1170. The molecule has 0 saturated carbocycles. The Morgan fingerprint density at radius 2 is 1.69 bits per heavy atom. The SMILES string of the molecule is O=C1C(O)=C(S(=O)(=O)c2ccccc2)[C@@H](c2ccc(F)cc2)N1Cc1cccs1. The van der Waals surface area contributed by atoms with E-state index in [1.54, 1.807) is 18.2 Å². The maximum atomic E-state index is 13.5. The predicted molar refractivity (Wildman–Crippen MR) is 107 cm³/mol. The number of rotatable bonds is 5. The van der Waals surface area contributed by atoms with Crippen LogP contribution in [-0.2, 0) is 21.2 Å². The van der Waals surface area contributed by atoms with Crippen molar-refractivity contribution in [3.8, 4) is 0 Å². The van der Waals surface area contributed by atoms with Crippen molar-refractivity contribution in [3.05, 3.63) is 99.0 Å². The van der Waals surface area contributed by atoms with Crippen LogP contribution in [0.4, 0.5) is 4.39 Å². The van der Waals surface area contributed by atoms with Crippen molar-refractivity contribution in [2.75, 3.05) is 0 Å². The first-order valence-electron chi connectivity index (χ1n) is 8.71. The molecule has 0 saturated heterocycles. The maximum Gasteiger partial charge on any atom is 0.290 e. The van der Waals surface area contributed by atoms with Gasteiger partial charge < -0.3 is 10.0 Å². The molecule has 0 bridgehead atoms. The molecule has 3 aromatic rings. The summed E-state index contributed by atoms with van der Waals surface area (Å²) in [6.07, 6.45) is 0. The van der Waals surface area contributed by atoms with E-state index in [1.165, 1.54) is 52.6 Å². The van der Waals surface area contributed by atoms with Crippen LogP contribution in [-0.4, -0.2) is 24.3 Å². The summed E-state index contributed by atoms with van der Waals surface area (Å²) in [4.78, 5) is 14.6. The summed E-state index contributed by atoms with van der Waals surface area (Å²) in [5, 5.41) is 12.4. The number of sulfone groups is 1. The minimum absolute atomic E-state index is 0.0283. The van der Waals surface area contributed by atoms with E-state index >= 15 is 0 Å². The highest BCUT2D eigenvalue weighted by Gasteiger charge is 2.46. The van der Waals surface area contributed by atoms with Crippen molar-refractivity contribution in [1.82, 2.24) is 4.90 Å². The van der Waals surface area contributed by atoms with E-state index in [2.05, 4.69) is 0 Å². The lowest BCUT2D eigenvalue weighted by atomic mass is 10.1. The maximum absolute atomic E-state index is 13.5. The van der Waals surface area contributed by atoms with Crippen LogP contribution >= 0.6 is 11.3 Å². The molecule has 4 rings (SSSR count). The molecule has 1 aliphatic rings. The highest BCUT2D eigenvalue weighted by atomic mass is 32.2. The zero-order valence-corrected chi connectivity index (χ0v) is 16.7. The van der Waals surface area contributed by atoms with E-state index in [-0.39, 0.29) is 11.4 Å². The zero-order valence-electron chi connectivity index (χ0n) is 15.0. The number of aliphatic hydroxyl groups is 1. The van der Waals surface area contributed by atoms with Crippen molar-refractivity contribution in [1.29, 1.82) is 0 Å². The second-order valence-corrected chi connectivity index (χ2v) is 9.45. The van der Waals surface area contributed by atoms with Gasteiger partial charge in [-0.1, -0.05) is 36.4 Å². The van der Waals surface area contributed by atoms with Gasteiger partial charge in [-0.15, -0.1) is 11.3 Å². The lowest BCUT2D eigenvalue weighted by Gasteiger charge is -2.26. The molecule has 148 valence electrons. The second kappa shape index (κ2) is 7.46. The summed E-state index contributed by atoms with van der Waals surface area (Å²) in [7, 11) is -4.16. The van der Waals surface area contributed by atoms with Gasteiger partial charge in [0.15, 0.2) is 5.76 Å². The molecule has 2 heterocycles. The van der Waals surface area contributed by atoms with E-state index in [0.29, 0.717) is 5.56 Å². The van der Waals surface area contributed by atoms with Gasteiger partial charge in [0, 0.05) is 4.88 Å². The minimum atomic E-state index is -4.16. The fourth-order valence-electron chi connectivity index (χ4n) is 3.34. The van der Waals surface area contributed by atoms with Gasteiger partial charge in [0.25, 0.3) is 5.91 Å². The molecule has 0 unspecified atom stereocenters. The lowest BCUT2D eigenvalue weighted by molar-refractivity contribution is -0.130. The topological polar surface area (TPSA) is 74.7 Å². The summed E-state index contributed by atoms with van der Waals surface area (Å²) in [5.41, 5.74) is 0.398. The monoisotopic (exact) mass is 429 g/mol. The van der Waals surface area contributed by atoms with Crippen molar-refractivity contribution >= 4 is 27.1 Å². The smallest absolute Gasteiger partial charge is 0.290 e. The molecule has 0 fully saturated rings. The van der Waals surface area contributed by atoms with Crippen molar-refractivity contribution in [3.63, 3.8) is 0 Å². The number of hydrogen-bond donors (Lipinski definition) is 1. The Morgan fingerprint density at radius 1 is 1.00 bits per heavy atom. The van der Waals surface area contributed by atoms with Gasteiger partial charge in [0.2, 0.25) is 9.84 Å². The summed E-state index contributed by atoms with van der Waals surface area (Å²) in [5.74, 6) is -2.06. The normalized spacial score (nSPS) is 17.2. The third-order valence-electron chi connectivity index (χ3n) is 4.69. The average Bonchev–Trinajstić information content (AvgIpc) is 3.32. The minimum Gasteiger partial charge on any atom is -0.502 e. The van der Waals surface area contributed by atoms with Crippen LogP contribution in [0.15, 0.2) is 87.7 Å². The molecule has 1 amide bonds. The zero-order chi connectivity index (χ0) is 20.6. The van der Waals surface area contributed by atoms with Crippen molar-refractivity contribution in [2.24, 2.45) is 0 Å². The first-order valence-corrected chi connectivity index (χ1v) is 11.1. The van der Waals surface area contributed by atoms with E-state index < -0.39 is 38.3 Å². The molecule has 1 aromatic heterocycles. The van der Waals surface area contributed by atoms with Gasteiger partial charge in [-0.2, -0.15) is 0 Å². The Labute approximate surface area is 171 Å². The van der Waals surface area contributed by atoms with Crippen LogP contribution in [0.2, 0.25) is 0 Å². The number of amides is 1. The molecule has 8 heteroatoms. The van der Waals surface area contributed by atoms with Gasteiger partial charge in [-0.25, -0.2) is 12.8 Å². The molecule has 0 spiro atoms. The largest absolute Gasteiger partial charge is 0.502 e. The molecule has 2 aromatic carbocycles. The number of hydrogen-bond acceptors (Lipinski definition) is 5. The third-order valence-corrected chi connectivity index (χ3v) is 7.44. The molecule has 0 radical (unpaired) electrons. The predicted octanol–water partition coefficient (Wildman–Crippen LogP) is 4.21. The average molecular weight is 429 g/mol. The van der Waals surface area contributed by atoms with Gasteiger partial charge >= 0.3 is 0 Å². The first-order chi connectivity index (χ1) is 13.9. The van der Waals surface area contributed by atoms with Gasteiger partial charge in [-0.3, -0.25) is 4.79 Å². The van der Waals surface area contributed by atoms with Crippen LogP contribution in [0.25, 0.3) is 0 Å². The van der Waals surface area contributed by atoms with Gasteiger partial charge in [0.1, 0.15) is 10.7 Å². The fraction of sp³-hybridized carbons (Fsp3) is 0.0952. The van der Waals surface area contributed by atoms with Crippen LogP contribution in [0, 0.1) is 5.82 Å². The quantitative estimate of drug-likeness (QED) is 0.659. The second-order valence-electron chi connectivity index (χ2n) is 6.50. The molecular weight excluding hydrogens is 413 g/mol. The number of halogens is 1. The molecular formula is C21H16FNO4S2. The Balaban J connectivity index is 1.87. The van der Waals surface area contributed by atoms with E-state index in [1.807, 2.05) is 17.5 Å². The molecule has 1 N–H and O–H groups in total. The number of carbonyl (C=O) groups excluding carboxylic acids is 1. The van der Waals surface area contributed by atoms with E-state index in [4.69, 9.17) is 0 Å². The number of carbonyl (C=O) groups is 1. The van der Waals surface area contributed by atoms with E-state index in [9.17, 15) is 22.7 Å². The van der Waals surface area contributed by atoms with Crippen LogP contribution in [0.3, 0.4) is 0 Å². The molecule has 1 aliphatic heterocycles. The summed E-state index contributed by atoms with van der Waals surface area (Å²) < 4.78 is 40.1. The number of nitrogens with zero attached hydrogens (tertiary/aromatic N) is 1. The van der Waals surface area contributed by atoms with E-state index in [0.717, 1.165) is 4.88 Å². The van der Waals surface area contributed by atoms with Crippen molar-refractivity contribution < 1.29 is 22.7 Å². The van der Waals surface area contributed by atoms with Crippen LogP contribution in [0.1, 0.15) is 16.5 Å². The highest BCUT2D eigenvalue weighted by Crippen LogP contribution is 2.43. The summed E-state index contributed by atoms with van der Waals surface area (Å²) in [6.45, 7) is 0.121. The Hall–Kier alpha value is -2.97. The highest BCUT2D eigenvalue weighted by molar-refractivity contribution is 7.95. The standard InChI is InChI=1S/C21H16FNO4S2/c22-15-10-8-14(9-11-15)18-20(29(26,27)17-6-2-1-3-7-17)19(24)21(25)23(18)13-16-5-4-12-28-16/h1-12,18,24H,13H2/t18-/m1/s1. The molecule has 5 nitrogen and oxygen atoms in total. The van der Waals surface area contributed by atoms with Crippen LogP contribution in [0.5, 0.6) is 0 Å². The summed E-state index contributed by atoms with van der Waals surface area (Å²) in [6, 6.07) is 15.5. The number of thiophene rings is 1. The lowest BCUT2D eigenvalue weighted by Crippen LogP contribution is -2.30. The number of aliphatic hydroxyl groups excluding tert-OH is 1. The number of benzene rings is 2. The fourth-order valence-corrected chi connectivity index (χ4v) is 5.71. The Kier molecular flexibility index (Phi) is 4.97. The van der Waals surface area contributed by atoms with Gasteiger partial charge in [-0.05, 0) is 41.3 Å². The molecule has 1 atom stereocenters. The van der Waals surface area contributed by atoms with Gasteiger partial charge in [0.05, 0.1) is 17.5 Å². The molecule has 0 aliphatic carbocycles. The first kappa shape index (κ1) is 19.4. The van der Waals surface area contributed by atoms with Crippen molar-refractivity contribution in [2.45, 2.75) is 17.5 Å². The summed E-state index contributed by atoms with van der Waals surface area (Å²) >= 11 is 1.41. The Morgan fingerprint density at radius 3 is 2.31 bits per heavy atom.